The van der Waals surface area contributed by atoms with Crippen LogP contribution in [0.15, 0.2) is 24.3 Å². The summed E-state index contributed by atoms with van der Waals surface area (Å²) in [7, 11) is 0. The maximum Gasteiger partial charge on any atom is 0.307 e. The molecule has 0 fully saturated rings. The first-order chi connectivity index (χ1) is 8.43. The third-order valence-corrected chi connectivity index (χ3v) is 3.02. The van der Waals surface area contributed by atoms with Gasteiger partial charge in [0.2, 0.25) is 0 Å². The van der Waals surface area contributed by atoms with E-state index < -0.39 is 5.97 Å². The molecule has 0 spiro atoms. The van der Waals surface area contributed by atoms with Crippen LogP contribution in [0.4, 0.5) is 0 Å². The van der Waals surface area contributed by atoms with Gasteiger partial charge >= 0.3 is 5.97 Å². The van der Waals surface area contributed by atoms with Crippen LogP contribution in [0.3, 0.4) is 0 Å². The molecule has 0 aliphatic carbocycles. The number of aliphatic carboxylic acids is 1. The van der Waals surface area contributed by atoms with Crippen LogP contribution in [-0.2, 0) is 17.8 Å². The summed E-state index contributed by atoms with van der Waals surface area (Å²) in [6.07, 6.45) is 2.40. The molecule has 0 amide bonds. The molecule has 3 heteroatoms. The van der Waals surface area contributed by atoms with Crippen molar-refractivity contribution < 1.29 is 9.90 Å². The Morgan fingerprint density at radius 3 is 2.28 bits per heavy atom. The van der Waals surface area contributed by atoms with Crippen molar-refractivity contribution in [2.45, 2.75) is 52.1 Å². The van der Waals surface area contributed by atoms with E-state index in [1.54, 1.807) is 0 Å². The summed E-state index contributed by atoms with van der Waals surface area (Å²) in [4.78, 5) is 10.6. The van der Waals surface area contributed by atoms with Crippen molar-refractivity contribution >= 4 is 5.97 Å². The number of hydrogen-bond donors (Lipinski definition) is 2. The fourth-order valence-corrected chi connectivity index (χ4v) is 2.00. The van der Waals surface area contributed by atoms with Crippen molar-refractivity contribution in [2.75, 3.05) is 0 Å². The Labute approximate surface area is 109 Å². The number of nitrogens with one attached hydrogen (secondary N) is 1. The predicted octanol–water partition coefficient (Wildman–Crippen LogP) is 2.98. The molecule has 1 rings (SSSR count). The highest BCUT2D eigenvalue weighted by molar-refractivity contribution is 5.70. The first-order valence-electron chi connectivity index (χ1n) is 6.47. The van der Waals surface area contributed by atoms with Gasteiger partial charge in [-0.1, -0.05) is 37.6 Å². The van der Waals surface area contributed by atoms with E-state index in [1.807, 2.05) is 24.3 Å². The maximum atomic E-state index is 10.6. The summed E-state index contributed by atoms with van der Waals surface area (Å²) in [5.41, 5.74) is 2.18. The van der Waals surface area contributed by atoms with Crippen molar-refractivity contribution in [1.29, 1.82) is 0 Å². The molecule has 0 radical (unpaired) electrons. The van der Waals surface area contributed by atoms with Crippen molar-refractivity contribution in [2.24, 2.45) is 0 Å². The highest BCUT2D eigenvalue weighted by atomic mass is 16.4. The van der Waals surface area contributed by atoms with E-state index in [0.717, 1.165) is 24.9 Å². The van der Waals surface area contributed by atoms with Crippen molar-refractivity contribution in [3.05, 3.63) is 35.4 Å². The molecular weight excluding hydrogens is 226 g/mol. The Kier molecular flexibility index (Phi) is 5.35. The standard InChI is InChI=1S/C15H23NO2/c1-4-9-15(2,3)16-11-13-7-5-12(6-8-13)10-14(17)18/h5-8,16H,4,9-11H2,1-3H3,(H,17,18). The fraction of sp³-hybridized carbons (Fsp3) is 0.533. The molecule has 100 valence electrons. The van der Waals surface area contributed by atoms with Gasteiger partial charge in [0.05, 0.1) is 6.42 Å². The average molecular weight is 249 g/mol. The van der Waals surface area contributed by atoms with Crippen LogP contribution in [0.1, 0.15) is 44.7 Å². The monoisotopic (exact) mass is 249 g/mol. The first-order valence-corrected chi connectivity index (χ1v) is 6.47. The van der Waals surface area contributed by atoms with Crippen LogP contribution >= 0.6 is 0 Å². The molecule has 0 atom stereocenters. The van der Waals surface area contributed by atoms with Crippen molar-refractivity contribution in [3.8, 4) is 0 Å². The minimum atomic E-state index is -0.787. The molecule has 0 aliphatic heterocycles. The summed E-state index contributed by atoms with van der Waals surface area (Å²) >= 11 is 0. The van der Waals surface area contributed by atoms with Gasteiger partial charge in [-0.15, -0.1) is 0 Å². The van der Waals surface area contributed by atoms with E-state index in [2.05, 4.69) is 26.1 Å². The fourth-order valence-electron chi connectivity index (χ4n) is 2.00. The minimum absolute atomic E-state index is 0.0923. The smallest absolute Gasteiger partial charge is 0.307 e. The summed E-state index contributed by atoms with van der Waals surface area (Å²) in [5.74, 6) is -0.787. The first kappa shape index (κ1) is 14.7. The Morgan fingerprint density at radius 2 is 1.78 bits per heavy atom. The van der Waals surface area contributed by atoms with Crippen LogP contribution in [0.5, 0.6) is 0 Å². The summed E-state index contributed by atoms with van der Waals surface area (Å²) in [5, 5.41) is 12.2. The third kappa shape index (κ3) is 5.32. The third-order valence-electron chi connectivity index (χ3n) is 3.02. The number of carboxylic acids is 1. The number of carboxylic acid groups (broad SMARTS) is 1. The van der Waals surface area contributed by atoms with E-state index in [9.17, 15) is 4.79 Å². The molecular formula is C15H23NO2. The maximum absolute atomic E-state index is 10.6. The van der Waals surface area contributed by atoms with Crippen molar-refractivity contribution in [1.82, 2.24) is 5.32 Å². The number of rotatable bonds is 7. The summed E-state index contributed by atoms with van der Waals surface area (Å²) in [6.45, 7) is 7.41. The minimum Gasteiger partial charge on any atom is -0.481 e. The Morgan fingerprint density at radius 1 is 1.22 bits per heavy atom. The van der Waals surface area contributed by atoms with Gasteiger partial charge in [0.1, 0.15) is 0 Å². The highest BCUT2D eigenvalue weighted by Crippen LogP contribution is 2.12. The molecule has 3 nitrogen and oxygen atoms in total. The molecule has 0 bridgehead atoms. The van der Waals surface area contributed by atoms with Crippen molar-refractivity contribution in [3.63, 3.8) is 0 Å². The molecule has 0 unspecified atom stereocenters. The van der Waals surface area contributed by atoms with Crippen LogP contribution in [0, 0.1) is 0 Å². The number of benzene rings is 1. The Bertz CT molecular complexity index is 382. The normalized spacial score (nSPS) is 11.5. The molecule has 2 N–H and O–H groups in total. The number of hydrogen-bond acceptors (Lipinski definition) is 2. The summed E-state index contributed by atoms with van der Waals surface area (Å²) in [6, 6.07) is 7.76. The molecule has 1 aromatic rings. The van der Waals surface area contributed by atoms with Gasteiger partial charge < -0.3 is 10.4 Å². The lowest BCUT2D eigenvalue weighted by Crippen LogP contribution is -2.38. The van der Waals surface area contributed by atoms with E-state index in [0.29, 0.717) is 0 Å². The molecule has 0 aliphatic rings. The molecule has 0 saturated heterocycles. The van der Waals surface area contributed by atoms with Crippen LogP contribution in [0.2, 0.25) is 0 Å². The lowest BCUT2D eigenvalue weighted by Gasteiger charge is -2.26. The largest absolute Gasteiger partial charge is 0.481 e. The van der Waals surface area contributed by atoms with Gasteiger partial charge in [-0.05, 0) is 31.4 Å². The zero-order valence-electron chi connectivity index (χ0n) is 11.5. The van der Waals surface area contributed by atoms with Gasteiger partial charge in [0, 0.05) is 12.1 Å². The predicted molar refractivity (Wildman–Crippen MR) is 73.6 cm³/mol. The summed E-state index contributed by atoms with van der Waals surface area (Å²) < 4.78 is 0. The zero-order chi connectivity index (χ0) is 13.6. The zero-order valence-corrected chi connectivity index (χ0v) is 11.5. The van der Waals surface area contributed by atoms with Gasteiger partial charge in [-0.2, -0.15) is 0 Å². The Balaban J connectivity index is 2.51. The second-order valence-electron chi connectivity index (χ2n) is 5.37. The Hall–Kier alpha value is -1.35. The van der Waals surface area contributed by atoms with Crippen LogP contribution in [0.25, 0.3) is 0 Å². The molecule has 0 heterocycles. The molecule has 18 heavy (non-hydrogen) atoms. The van der Waals surface area contributed by atoms with E-state index in [4.69, 9.17) is 5.11 Å². The quantitative estimate of drug-likeness (QED) is 0.781. The van der Waals surface area contributed by atoms with Crippen LogP contribution < -0.4 is 5.32 Å². The topological polar surface area (TPSA) is 49.3 Å². The second kappa shape index (κ2) is 6.55. The lowest BCUT2D eigenvalue weighted by molar-refractivity contribution is -0.136. The van der Waals surface area contributed by atoms with Gasteiger partial charge in [0.15, 0.2) is 0 Å². The van der Waals surface area contributed by atoms with Gasteiger partial charge in [-0.25, -0.2) is 0 Å². The lowest BCUT2D eigenvalue weighted by atomic mass is 9.98. The van der Waals surface area contributed by atoms with Gasteiger partial charge in [0.25, 0.3) is 0 Å². The second-order valence-corrected chi connectivity index (χ2v) is 5.37. The molecule has 1 aromatic carbocycles. The SMILES string of the molecule is CCCC(C)(C)NCc1ccc(CC(=O)O)cc1. The van der Waals surface area contributed by atoms with E-state index >= 15 is 0 Å². The van der Waals surface area contributed by atoms with Gasteiger partial charge in [-0.3, -0.25) is 4.79 Å². The molecule has 0 aromatic heterocycles. The number of carbonyl (C=O) groups is 1. The van der Waals surface area contributed by atoms with Crippen LogP contribution in [-0.4, -0.2) is 16.6 Å². The average Bonchev–Trinajstić information content (AvgIpc) is 2.27. The van der Waals surface area contributed by atoms with E-state index in [-0.39, 0.29) is 12.0 Å². The van der Waals surface area contributed by atoms with E-state index in [1.165, 1.54) is 5.56 Å². The molecule has 0 saturated carbocycles. The highest BCUT2D eigenvalue weighted by Gasteiger charge is 2.14.